The molecule has 0 amide bonds. The molecule has 0 atom stereocenters. The van der Waals surface area contributed by atoms with Crippen LogP contribution in [0.1, 0.15) is 10.4 Å². The number of carbonyl (C=O) groups excluding carboxylic acids is 1. The molecular weight excluding hydrogens is 457 g/mol. The molecule has 3 aromatic carbocycles. The van der Waals surface area contributed by atoms with Gasteiger partial charge in [-0.2, -0.15) is 0 Å². The van der Waals surface area contributed by atoms with E-state index in [-0.39, 0.29) is 17.2 Å². The predicted molar refractivity (Wildman–Crippen MR) is 128 cm³/mol. The lowest BCUT2D eigenvalue weighted by molar-refractivity contribution is 0.102. The fourth-order valence-electron chi connectivity index (χ4n) is 3.45. The van der Waals surface area contributed by atoms with Gasteiger partial charge in [0.2, 0.25) is 5.75 Å². The Hall–Kier alpha value is -3.85. The zero-order chi connectivity index (χ0) is 24.1. The Balaban J connectivity index is 1.80. The van der Waals surface area contributed by atoms with Crippen LogP contribution in [0.4, 0.5) is 4.39 Å². The first-order valence-corrected chi connectivity index (χ1v) is 11.3. The molecule has 0 unspecified atom stereocenters. The lowest BCUT2D eigenvalue weighted by atomic mass is 10.1. The quantitative estimate of drug-likeness (QED) is 0.245. The van der Waals surface area contributed by atoms with E-state index in [4.69, 9.17) is 14.2 Å². The zero-order valence-electron chi connectivity index (χ0n) is 18.8. The Bertz CT molecular complexity index is 1290. The summed E-state index contributed by atoms with van der Waals surface area (Å²) in [5, 5.41) is 8.97. The van der Waals surface area contributed by atoms with Gasteiger partial charge in [0.15, 0.2) is 28.3 Å². The topological polar surface area (TPSA) is 75.5 Å². The Kier molecular flexibility index (Phi) is 7.12. The van der Waals surface area contributed by atoms with Crippen molar-refractivity contribution in [2.24, 2.45) is 0 Å². The molecular formula is C25H22FN3O4S. The molecule has 0 saturated heterocycles. The molecule has 9 heteroatoms. The smallest absolute Gasteiger partial charge is 0.203 e. The Labute approximate surface area is 200 Å². The van der Waals surface area contributed by atoms with E-state index in [1.165, 1.54) is 39.2 Å². The second-order valence-corrected chi connectivity index (χ2v) is 8.03. The number of Topliss-reactive ketones (excluding diaryl/α,β-unsaturated/α-hetero) is 1. The van der Waals surface area contributed by atoms with Crippen LogP contribution in [0, 0.1) is 5.82 Å². The summed E-state index contributed by atoms with van der Waals surface area (Å²) in [5.41, 5.74) is 1.43. The van der Waals surface area contributed by atoms with Gasteiger partial charge in [-0.05, 0) is 24.3 Å². The summed E-state index contributed by atoms with van der Waals surface area (Å²) >= 11 is 1.18. The minimum Gasteiger partial charge on any atom is -0.493 e. The summed E-state index contributed by atoms with van der Waals surface area (Å²) in [6.45, 7) is 0. The van der Waals surface area contributed by atoms with E-state index < -0.39 is 5.82 Å². The third-order valence-corrected chi connectivity index (χ3v) is 6.01. The number of methoxy groups -OCH3 is 3. The van der Waals surface area contributed by atoms with Gasteiger partial charge in [-0.15, -0.1) is 10.2 Å². The molecule has 0 bridgehead atoms. The average Bonchev–Trinajstić information content (AvgIpc) is 3.30. The molecule has 0 spiro atoms. The van der Waals surface area contributed by atoms with E-state index in [9.17, 15) is 9.18 Å². The molecule has 1 aromatic heterocycles. The van der Waals surface area contributed by atoms with E-state index in [2.05, 4.69) is 10.2 Å². The standard InChI is InChI=1S/C25H22FN3O4S/c1-31-21-13-17(14-22(32-2)23(21)33-3)24-27-28-25(29(24)19-12-8-7-11-18(19)26)34-15-20(30)16-9-5-4-6-10-16/h4-14H,15H2,1-3H3. The second-order valence-electron chi connectivity index (χ2n) is 7.08. The zero-order valence-corrected chi connectivity index (χ0v) is 19.6. The van der Waals surface area contributed by atoms with Gasteiger partial charge < -0.3 is 14.2 Å². The van der Waals surface area contributed by atoms with Gasteiger partial charge in [-0.1, -0.05) is 54.2 Å². The molecule has 1 heterocycles. The van der Waals surface area contributed by atoms with Crippen molar-refractivity contribution in [3.8, 4) is 34.3 Å². The van der Waals surface area contributed by atoms with Crippen molar-refractivity contribution in [3.05, 3.63) is 78.1 Å². The number of nitrogens with zero attached hydrogens (tertiary/aromatic N) is 3. The van der Waals surface area contributed by atoms with Crippen LogP contribution in [0.25, 0.3) is 17.1 Å². The van der Waals surface area contributed by atoms with Crippen LogP contribution in [0.3, 0.4) is 0 Å². The number of ketones is 1. The van der Waals surface area contributed by atoms with E-state index in [1.54, 1.807) is 47.0 Å². The number of ether oxygens (including phenoxy) is 3. The number of benzene rings is 3. The van der Waals surface area contributed by atoms with Crippen molar-refractivity contribution >= 4 is 17.5 Å². The van der Waals surface area contributed by atoms with Crippen LogP contribution in [-0.2, 0) is 0 Å². The summed E-state index contributed by atoms with van der Waals surface area (Å²) in [4.78, 5) is 12.6. The number of hydrogen-bond donors (Lipinski definition) is 0. The minimum absolute atomic E-state index is 0.0666. The molecule has 0 saturated carbocycles. The van der Waals surface area contributed by atoms with E-state index in [1.807, 2.05) is 18.2 Å². The van der Waals surface area contributed by atoms with Crippen molar-refractivity contribution < 1.29 is 23.4 Å². The lowest BCUT2D eigenvalue weighted by Gasteiger charge is -2.15. The number of rotatable bonds is 9. The van der Waals surface area contributed by atoms with Crippen LogP contribution >= 0.6 is 11.8 Å². The van der Waals surface area contributed by atoms with Crippen molar-refractivity contribution in [1.29, 1.82) is 0 Å². The monoisotopic (exact) mass is 479 g/mol. The number of carbonyl (C=O) groups is 1. The highest BCUT2D eigenvalue weighted by atomic mass is 32.2. The second kappa shape index (κ2) is 10.4. The summed E-state index contributed by atoms with van der Waals surface area (Å²) in [6, 6.07) is 18.7. The van der Waals surface area contributed by atoms with Gasteiger partial charge in [-0.3, -0.25) is 9.36 Å². The molecule has 7 nitrogen and oxygen atoms in total. The third kappa shape index (κ3) is 4.60. The first kappa shape index (κ1) is 23.3. The molecule has 0 aliphatic rings. The predicted octanol–water partition coefficient (Wildman–Crippen LogP) is 5.07. The van der Waals surface area contributed by atoms with Crippen LogP contribution in [0.2, 0.25) is 0 Å². The Morgan fingerprint density at radius 3 is 2.18 bits per heavy atom. The molecule has 4 aromatic rings. The molecule has 0 fully saturated rings. The van der Waals surface area contributed by atoms with Crippen molar-refractivity contribution in [2.45, 2.75) is 5.16 Å². The summed E-state index contributed by atoms with van der Waals surface area (Å²) in [5.74, 6) is 1.23. The Morgan fingerprint density at radius 2 is 1.56 bits per heavy atom. The fraction of sp³-hybridized carbons (Fsp3) is 0.160. The maximum absolute atomic E-state index is 14.9. The lowest BCUT2D eigenvalue weighted by Crippen LogP contribution is -2.06. The molecule has 34 heavy (non-hydrogen) atoms. The van der Waals surface area contributed by atoms with Crippen LogP contribution < -0.4 is 14.2 Å². The normalized spacial score (nSPS) is 10.7. The maximum Gasteiger partial charge on any atom is 0.203 e. The van der Waals surface area contributed by atoms with Gasteiger partial charge in [0.1, 0.15) is 5.82 Å². The highest BCUT2D eigenvalue weighted by Crippen LogP contribution is 2.41. The van der Waals surface area contributed by atoms with Gasteiger partial charge in [0.05, 0.1) is 32.8 Å². The van der Waals surface area contributed by atoms with Crippen molar-refractivity contribution in [2.75, 3.05) is 27.1 Å². The molecule has 174 valence electrons. The first-order valence-electron chi connectivity index (χ1n) is 10.3. The molecule has 4 rings (SSSR count). The first-order chi connectivity index (χ1) is 16.6. The van der Waals surface area contributed by atoms with Gasteiger partial charge in [-0.25, -0.2) is 4.39 Å². The molecule has 0 aliphatic heterocycles. The highest BCUT2D eigenvalue weighted by Gasteiger charge is 2.22. The number of aromatic nitrogens is 3. The number of halogens is 1. The molecule has 0 radical (unpaired) electrons. The van der Waals surface area contributed by atoms with Crippen molar-refractivity contribution in [3.63, 3.8) is 0 Å². The molecule has 0 N–H and O–H groups in total. The van der Waals surface area contributed by atoms with Crippen LogP contribution in [0.5, 0.6) is 17.2 Å². The van der Waals surface area contributed by atoms with E-state index in [0.717, 1.165) is 0 Å². The van der Waals surface area contributed by atoms with Crippen LogP contribution in [0.15, 0.2) is 71.9 Å². The van der Waals surface area contributed by atoms with Gasteiger partial charge >= 0.3 is 0 Å². The third-order valence-electron chi connectivity index (χ3n) is 5.08. The Morgan fingerprint density at radius 1 is 0.912 bits per heavy atom. The number of para-hydroxylation sites is 1. The van der Waals surface area contributed by atoms with Crippen LogP contribution in [-0.4, -0.2) is 47.6 Å². The van der Waals surface area contributed by atoms with Gasteiger partial charge in [0, 0.05) is 11.1 Å². The SMILES string of the molecule is COc1cc(-c2nnc(SCC(=O)c3ccccc3)n2-c2ccccc2F)cc(OC)c1OC. The van der Waals surface area contributed by atoms with E-state index in [0.29, 0.717) is 39.4 Å². The van der Waals surface area contributed by atoms with Crippen molar-refractivity contribution in [1.82, 2.24) is 14.8 Å². The highest BCUT2D eigenvalue weighted by molar-refractivity contribution is 7.99. The largest absolute Gasteiger partial charge is 0.493 e. The number of thioether (sulfide) groups is 1. The fourth-order valence-corrected chi connectivity index (χ4v) is 4.29. The average molecular weight is 480 g/mol. The number of hydrogen-bond acceptors (Lipinski definition) is 7. The molecule has 0 aliphatic carbocycles. The summed E-state index contributed by atoms with van der Waals surface area (Å²) < 4.78 is 32.8. The van der Waals surface area contributed by atoms with Gasteiger partial charge in [0.25, 0.3) is 0 Å². The summed E-state index contributed by atoms with van der Waals surface area (Å²) in [7, 11) is 4.54. The maximum atomic E-state index is 14.9. The minimum atomic E-state index is -0.452. The summed E-state index contributed by atoms with van der Waals surface area (Å²) in [6.07, 6.45) is 0. The van der Waals surface area contributed by atoms with E-state index >= 15 is 0 Å².